The highest BCUT2D eigenvalue weighted by Gasteiger charge is 2.38. The molecule has 0 saturated carbocycles. The van der Waals surface area contributed by atoms with Crippen molar-refractivity contribution in [3.63, 3.8) is 0 Å². The van der Waals surface area contributed by atoms with E-state index in [0.717, 1.165) is 59.1 Å². The molecule has 0 amide bonds. The summed E-state index contributed by atoms with van der Waals surface area (Å²) in [5.74, 6) is 2.00. The van der Waals surface area contributed by atoms with Crippen molar-refractivity contribution in [2.24, 2.45) is 40.7 Å². The third-order valence-corrected chi connectivity index (χ3v) is 8.34. The second kappa shape index (κ2) is 9.87. The van der Waals surface area contributed by atoms with Crippen LogP contribution >= 0.6 is 11.6 Å². The van der Waals surface area contributed by atoms with Gasteiger partial charge < -0.3 is 5.11 Å². The van der Waals surface area contributed by atoms with Crippen LogP contribution in [-0.2, 0) is 7.05 Å². The lowest BCUT2D eigenvalue weighted by Crippen LogP contribution is -2.46. The van der Waals surface area contributed by atoms with E-state index in [1.54, 1.807) is 0 Å². The molecular formula is C29H36ClN4O+. The number of aryl methyl sites for hydroxylation is 1. The first-order valence-corrected chi connectivity index (χ1v) is 13.2. The van der Waals surface area contributed by atoms with E-state index in [0.29, 0.717) is 11.8 Å². The van der Waals surface area contributed by atoms with Gasteiger partial charge in [0.2, 0.25) is 6.17 Å². The van der Waals surface area contributed by atoms with Gasteiger partial charge in [0.25, 0.3) is 0 Å². The Hall–Kier alpha value is -2.50. The fourth-order valence-electron chi connectivity index (χ4n) is 5.81. The summed E-state index contributed by atoms with van der Waals surface area (Å²) in [6.45, 7) is 6.20. The summed E-state index contributed by atoms with van der Waals surface area (Å²) < 4.78 is 4.36. The Morgan fingerprint density at radius 3 is 2.71 bits per heavy atom. The van der Waals surface area contributed by atoms with Crippen LogP contribution in [0.3, 0.4) is 0 Å². The highest BCUT2D eigenvalue weighted by Crippen LogP contribution is 2.41. The molecule has 1 N–H and O–H groups in total. The minimum Gasteiger partial charge on any atom is -0.393 e. The van der Waals surface area contributed by atoms with Crippen molar-refractivity contribution in [2.75, 3.05) is 0 Å². The van der Waals surface area contributed by atoms with Crippen LogP contribution in [0.4, 0.5) is 5.82 Å². The normalized spacial score (nSPS) is 29.3. The predicted molar refractivity (Wildman–Crippen MR) is 143 cm³/mol. The van der Waals surface area contributed by atoms with Gasteiger partial charge in [-0.3, -0.25) is 0 Å². The van der Waals surface area contributed by atoms with E-state index in [9.17, 15) is 5.11 Å². The number of aliphatic hydroxyl groups is 1. The zero-order valence-electron chi connectivity index (χ0n) is 21.1. The summed E-state index contributed by atoms with van der Waals surface area (Å²) in [6.07, 6.45) is 20.7. The third-order valence-electron chi connectivity index (χ3n) is 7.86. The van der Waals surface area contributed by atoms with Crippen molar-refractivity contribution in [2.45, 2.75) is 58.7 Å². The number of halogens is 1. The van der Waals surface area contributed by atoms with Crippen LogP contribution in [0.2, 0.25) is 0 Å². The van der Waals surface area contributed by atoms with Crippen molar-refractivity contribution >= 4 is 29.3 Å². The maximum absolute atomic E-state index is 9.86. The number of aliphatic hydroxyl groups excluding tert-OH is 1. The molecule has 5 nitrogen and oxygen atoms in total. The van der Waals surface area contributed by atoms with Gasteiger partial charge in [0.05, 0.1) is 29.5 Å². The van der Waals surface area contributed by atoms with Crippen molar-refractivity contribution < 1.29 is 9.79 Å². The van der Waals surface area contributed by atoms with Crippen LogP contribution in [0, 0.1) is 30.6 Å². The first-order chi connectivity index (χ1) is 16.8. The minimum atomic E-state index is -0.278. The van der Waals surface area contributed by atoms with Crippen molar-refractivity contribution in [3.8, 4) is 0 Å². The quantitative estimate of drug-likeness (QED) is 0.517. The van der Waals surface area contributed by atoms with E-state index >= 15 is 0 Å². The highest BCUT2D eigenvalue weighted by molar-refractivity contribution is 6.35. The predicted octanol–water partition coefficient (Wildman–Crippen LogP) is 5.83. The van der Waals surface area contributed by atoms with Gasteiger partial charge in [-0.1, -0.05) is 66.0 Å². The second-order valence-electron chi connectivity index (χ2n) is 10.5. The molecule has 6 unspecified atom stereocenters. The molecule has 0 aromatic carbocycles. The molecule has 2 aliphatic carbocycles. The standard InChI is InChI=1S/C29H36ClN4O/c1-18(14-20(3)35)21-10-12-23(13-11-21)29-27(22-8-6-5-7-9-22)28(30)24-16-26(32-29)34-25(31-17-24)15-19(2)33(34)4/h5-8,10,12-13,15,17-18,20-22,24,26,35H,9,11,14,16H2,1-4H3/q+1. The van der Waals surface area contributed by atoms with Gasteiger partial charge in [0.1, 0.15) is 6.21 Å². The third kappa shape index (κ3) is 4.68. The van der Waals surface area contributed by atoms with Crippen LogP contribution in [0.25, 0.3) is 0 Å². The van der Waals surface area contributed by atoms with Gasteiger partial charge in [-0.05, 0) is 50.5 Å². The van der Waals surface area contributed by atoms with E-state index in [-0.39, 0.29) is 24.1 Å². The highest BCUT2D eigenvalue weighted by atomic mass is 35.5. The number of aliphatic imine (C=N–C) groups is 2. The summed E-state index contributed by atoms with van der Waals surface area (Å²) in [4.78, 5) is 10.3. The summed E-state index contributed by atoms with van der Waals surface area (Å²) in [5, 5.41) is 10.7. The SMILES string of the molecule is Cc1cc2[n+](n1C)C1CC(C=N2)C(Cl)=C(C2C=CC=CC2)C(C2=CCC(C(C)CC(C)O)C=C2)=N1. The number of aromatic nitrogens is 2. The Morgan fingerprint density at radius 1 is 1.20 bits per heavy atom. The number of nitrogens with zero attached hydrogens (tertiary/aromatic N) is 4. The van der Waals surface area contributed by atoms with Crippen molar-refractivity contribution in [1.82, 2.24) is 4.68 Å². The molecule has 6 heteroatoms. The van der Waals surface area contributed by atoms with Gasteiger partial charge in [0, 0.05) is 30.0 Å². The van der Waals surface area contributed by atoms with E-state index in [2.05, 4.69) is 78.9 Å². The van der Waals surface area contributed by atoms with Crippen LogP contribution in [-0.4, -0.2) is 27.8 Å². The molecule has 1 aromatic heterocycles. The number of hydrogen-bond donors (Lipinski definition) is 1. The number of hydrogen-bond acceptors (Lipinski definition) is 3. The van der Waals surface area contributed by atoms with Crippen molar-refractivity contribution in [3.05, 3.63) is 70.5 Å². The fraction of sp³-hybridized carbons (Fsp3) is 0.483. The Bertz CT molecular complexity index is 1210. The molecule has 0 fully saturated rings. The number of allylic oxidation sites excluding steroid dienone is 10. The van der Waals surface area contributed by atoms with Gasteiger partial charge in [-0.15, -0.1) is 4.68 Å². The van der Waals surface area contributed by atoms with Gasteiger partial charge in [-0.2, -0.15) is 0 Å². The molecule has 0 spiro atoms. The molecule has 35 heavy (non-hydrogen) atoms. The van der Waals surface area contributed by atoms with Crippen LogP contribution in [0.1, 0.15) is 51.4 Å². The average Bonchev–Trinajstić information content (AvgIpc) is 2.97. The van der Waals surface area contributed by atoms with E-state index < -0.39 is 0 Å². The van der Waals surface area contributed by atoms with E-state index in [4.69, 9.17) is 21.6 Å². The van der Waals surface area contributed by atoms with Gasteiger partial charge in [-0.25, -0.2) is 9.67 Å². The van der Waals surface area contributed by atoms with E-state index in [1.165, 1.54) is 0 Å². The largest absolute Gasteiger partial charge is 0.393 e. The summed E-state index contributed by atoms with van der Waals surface area (Å²) in [6, 6.07) is 2.11. The van der Waals surface area contributed by atoms with Gasteiger partial charge in [0.15, 0.2) is 0 Å². The maximum atomic E-state index is 9.86. The molecule has 2 bridgehead atoms. The van der Waals surface area contributed by atoms with Crippen molar-refractivity contribution in [1.29, 1.82) is 0 Å². The summed E-state index contributed by atoms with van der Waals surface area (Å²) in [5.41, 5.74) is 4.45. The molecule has 1 aromatic rings. The zero-order chi connectivity index (χ0) is 24.7. The van der Waals surface area contributed by atoms with E-state index in [1.807, 2.05) is 13.1 Å². The number of fused-ring (bicyclic) bond motifs is 4. The lowest BCUT2D eigenvalue weighted by molar-refractivity contribution is -0.784. The molecule has 0 radical (unpaired) electrons. The number of rotatable bonds is 5. The molecule has 184 valence electrons. The first-order valence-electron chi connectivity index (χ1n) is 12.8. The van der Waals surface area contributed by atoms with Crippen LogP contribution in [0.15, 0.2) is 74.8 Å². The van der Waals surface area contributed by atoms with Crippen LogP contribution < -0.4 is 4.68 Å². The average molecular weight is 492 g/mol. The summed E-state index contributed by atoms with van der Waals surface area (Å²) >= 11 is 7.24. The maximum Gasteiger partial charge on any atom is 0.345 e. The smallest absolute Gasteiger partial charge is 0.345 e. The fourth-order valence-corrected chi connectivity index (χ4v) is 6.18. The molecule has 4 aliphatic rings. The Kier molecular flexibility index (Phi) is 6.82. The molecular weight excluding hydrogens is 456 g/mol. The summed E-state index contributed by atoms with van der Waals surface area (Å²) in [7, 11) is 2.08. The Morgan fingerprint density at radius 2 is 2.03 bits per heavy atom. The Labute approximate surface area is 213 Å². The topological polar surface area (TPSA) is 53.8 Å². The minimum absolute atomic E-state index is 0.0319. The van der Waals surface area contributed by atoms with Crippen LogP contribution in [0.5, 0.6) is 0 Å². The first kappa shape index (κ1) is 24.2. The van der Waals surface area contributed by atoms with Gasteiger partial charge >= 0.3 is 5.82 Å². The molecule has 5 rings (SSSR count). The molecule has 3 heterocycles. The lowest BCUT2D eigenvalue weighted by Gasteiger charge is -2.26. The lowest BCUT2D eigenvalue weighted by atomic mass is 9.80. The molecule has 6 atom stereocenters. The zero-order valence-corrected chi connectivity index (χ0v) is 21.9. The molecule has 2 aliphatic heterocycles. The Balaban J connectivity index is 1.58. The second-order valence-corrected chi connectivity index (χ2v) is 10.9. The monoisotopic (exact) mass is 491 g/mol. The molecule has 0 saturated heterocycles.